The van der Waals surface area contributed by atoms with Gasteiger partial charge in [-0.2, -0.15) is 0 Å². The third-order valence-electron chi connectivity index (χ3n) is 2.41. The Bertz CT molecular complexity index is 577. The van der Waals surface area contributed by atoms with Crippen molar-refractivity contribution in [3.05, 3.63) is 41.6 Å². The second-order valence-electron chi connectivity index (χ2n) is 3.89. The van der Waals surface area contributed by atoms with Crippen LogP contribution in [0, 0.1) is 6.92 Å². The van der Waals surface area contributed by atoms with E-state index >= 15 is 0 Å². The Labute approximate surface area is 104 Å². The van der Waals surface area contributed by atoms with Gasteiger partial charge in [0.25, 0.3) is 5.91 Å². The van der Waals surface area contributed by atoms with Crippen LogP contribution < -0.4 is 16.8 Å². The van der Waals surface area contributed by atoms with Crippen molar-refractivity contribution < 1.29 is 9.21 Å². The summed E-state index contributed by atoms with van der Waals surface area (Å²) in [5.41, 5.74) is 12.3. The van der Waals surface area contributed by atoms with E-state index in [9.17, 15) is 4.79 Å². The summed E-state index contributed by atoms with van der Waals surface area (Å²) in [6.45, 7) is 2.19. The van der Waals surface area contributed by atoms with Crippen molar-refractivity contribution in [2.75, 3.05) is 11.1 Å². The lowest BCUT2D eigenvalue weighted by Crippen LogP contribution is -2.15. The van der Waals surface area contributed by atoms with Gasteiger partial charge >= 0.3 is 0 Å². The van der Waals surface area contributed by atoms with Gasteiger partial charge < -0.3 is 21.2 Å². The van der Waals surface area contributed by atoms with Crippen LogP contribution >= 0.6 is 0 Å². The monoisotopic (exact) mass is 246 g/mol. The number of carbonyl (C=O) groups is 1. The van der Waals surface area contributed by atoms with Gasteiger partial charge in [0.1, 0.15) is 5.76 Å². The maximum absolute atomic E-state index is 11.3. The molecule has 6 heteroatoms. The first kappa shape index (κ1) is 12.0. The Hall–Kier alpha value is -2.50. The normalized spacial score (nSPS) is 10.3. The van der Waals surface area contributed by atoms with Crippen LogP contribution in [-0.4, -0.2) is 10.9 Å². The number of hydrogen-bond donors (Lipinski definition) is 3. The Kier molecular flexibility index (Phi) is 3.18. The standard InChI is InChI=1S/C12H14N4O2/c1-7-5-16-11(18-7)6-15-10-3-2-8(13)4-9(10)12(14)17/h2-5,15H,6,13H2,1H3,(H2,14,17). The fourth-order valence-corrected chi connectivity index (χ4v) is 1.57. The molecule has 0 aliphatic carbocycles. The van der Waals surface area contributed by atoms with E-state index in [2.05, 4.69) is 10.3 Å². The molecule has 0 unspecified atom stereocenters. The van der Waals surface area contributed by atoms with Gasteiger partial charge in [0.15, 0.2) is 0 Å². The lowest BCUT2D eigenvalue weighted by molar-refractivity contribution is 0.100. The van der Waals surface area contributed by atoms with E-state index in [1.807, 2.05) is 6.92 Å². The van der Waals surface area contributed by atoms with Crippen LogP contribution in [-0.2, 0) is 6.54 Å². The molecule has 0 atom stereocenters. The molecule has 6 nitrogen and oxygen atoms in total. The Morgan fingerprint density at radius 1 is 1.50 bits per heavy atom. The van der Waals surface area contributed by atoms with Gasteiger partial charge in [-0.25, -0.2) is 4.98 Å². The van der Waals surface area contributed by atoms with E-state index in [1.54, 1.807) is 18.3 Å². The quantitative estimate of drug-likeness (QED) is 0.704. The number of nitrogens with one attached hydrogen (secondary N) is 1. The Morgan fingerprint density at radius 2 is 2.28 bits per heavy atom. The number of rotatable bonds is 4. The molecule has 0 saturated heterocycles. The summed E-state index contributed by atoms with van der Waals surface area (Å²) >= 11 is 0. The number of anilines is 2. The van der Waals surface area contributed by atoms with E-state index < -0.39 is 5.91 Å². The van der Waals surface area contributed by atoms with Crippen LogP contribution in [0.2, 0.25) is 0 Å². The number of primary amides is 1. The SMILES string of the molecule is Cc1cnc(CNc2ccc(N)cc2C(N)=O)o1. The van der Waals surface area contributed by atoms with Gasteiger partial charge in [0.2, 0.25) is 5.89 Å². The molecule has 18 heavy (non-hydrogen) atoms. The minimum absolute atomic E-state index is 0.346. The number of oxazole rings is 1. The summed E-state index contributed by atoms with van der Waals surface area (Å²) in [5.74, 6) is 0.743. The van der Waals surface area contributed by atoms with Crippen molar-refractivity contribution >= 4 is 17.3 Å². The predicted octanol–water partition coefficient (Wildman–Crippen LogP) is 1.28. The summed E-state index contributed by atoms with van der Waals surface area (Å²) in [6, 6.07) is 4.92. The summed E-state index contributed by atoms with van der Waals surface area (Å²) < 4.78 is 5.31. The summed E-state index contributed by atoms with van der Waals surface area (Å²) in [7, 11) is 0. The van der Waals surface area contributed by atoms with E-state index in [1.165, 1.54) is 6.07 Å². The molecule has 0 saturated carbocycles. The van der Waals surface area contributed by atoms with Crippen LogP contribution in [0.5, 0.6) is 0 Å². The summed E-state index contributed by atoms with van der Waals surface area (Å²) in [6.07, 6.45) is 1.63. The molecule has 1 amide bonds. The van der Waals surface area contributed by atoms with Gasteiger partial charge in [0.05, 0.1) is 18.3 Å². The molecule has 0 radical (unpaired) electrons. The third kappa shape index (κ3) is 2.60. The molecule has 0 aliphatic heterocycles. The van der Waals surface area contributed by atoms with E-state index in [4.69, 9.17) is 15.9 Å². The smallest absolute Gasteiger partial charge is 0.250 e. The summed E-state index contributed by atoms with van der Waals surface area (Å²) in [5, 5.41) is 3.04. The minimum atomic E-state index is -0.534. The van der Waals surface area contributed by atoms with Crippen molar-refractivity contribution in [1.82, 2.24) is 4.98 Å². The topological polar surface area (TPSA) is 107 Å². The van der Waals surface area contributed by atoms with E-state index in [0.717, 1.165) is 5.76 Å². The Balaban J connectivity index is 2.16. The molecule has 5 N–H and O–H groups in total. The average molecular weight is 246 g/mol. The first-order valence-corrected chi connectivity index (χ1v) is 5.41. The zero-order chi connectivity index (χ0) is 13.1. The predicted molar refractivity (Wildman–Crippen MR) is 67.9 cm³/mol. The highest BCUT2D eigenvalue weighted by molar-refractivity contribution is 5.99. The highest BCUT2D eigenvalue weighted by Crippen LogP contribution is 2.19. The van der Waals surface area contributed by atoms with Crippen molar-refractivity contribution in [1.29, 1.82) is 0 Å². The Morgan fingerprint density at radius 3 is 2.89 bits per heavy atom. The molecule has 94 valence electrons. The number of carbonyl (C=O) groups excluding carboxylic acids is 1. The molecule has 2 rings (SSSR count). The second-order valence-corrected chi connectivity index (χ2v) is 3.89. The number of nitrogen functional groups attached to an aromatic ring is 1. The van der Waals surface area contributed by atoms with E-state index in [0.29, 0.717) is 29.4 Å². The molecule has 0 fully saturated rings. The number of aromatic nitrogens is 1. The fraction of sp³-hybridized carbons (Fsp3) is 0.167. The highest BCUT2D eigenvalue weighted by Gasteiger charge is 2.09. The molecule has 1 heterocycles. The van der Waals surface area contributed by atoms with Crippen LogP contribution in [0.25, 0.3) is 0 Å². The van der Waals surface area contributed by atoms with Crippen LogP contribution in [0.15, 0.2) is 28.8 Å². The zero-order valence-corrected chi connectivity index (χ0v) is 9.93. The number of nitrogens with zero attached hydrogens (tertiary/aromatic N) is 1. The highest BCUT2D eigenvalue weighted by atomic mass is 16.4. The van der Waals surface area contributed by atoms with Crippen LogP contribution in [0.1, 0.15) is 22.0 Å². The van der Waals surface area contributed by atoms with Gasteiger partial charge in [-0.15, -0.1) is 0 Å². The van der Waals surface area contributed by atoms with Crippen molar-refractivity contribution in [2.45, 2.75) is 13.5 Å². The molecule has 0 spiro atoms. The zero-order valence-electron chi connectivity index (χ0n) is 9.93. The van der Waals surface area contributed by atoms with Crippen molar-refractivity contribution in [3.8, 4) is 0 Å². The molecular weight excluding hydrogens is 232 g/mol. The number of aryl methyl sites for hydroxylation is 1. The molecule has 0 bridgehead atoms. The second kappa shape index (κ2) is 4.79. The lowest BCUT2D eigenvalue weighted by Gasteiger charge is -2.09. The largest absolute Gasteiger partial charge is 0.444 e. The summed E-state index contributed by atoms with van der Waals surface area (Å²) in [4.78, 5) is 15.3. The van der Waals surface area contributed by atoms with Gasteiger partial charge in [-0.1, -0.05) is 0 Å². The fourth-order valence-electron chi connectivity index (χ4n) is 1.57. The molecule has 2 aromatic rings. The first-order valence-electron chi connectivity index (χ1n) is 5.41. The number of amides is 1. The maximum atomic E-state index is 11.3. The van der Waals surface area contributed by atoms with Gasteiger partial charge in [0, 0.05) is 11.4 Å². The molecule has 1 aromatic carbocycles. The first-order chi connectivity index (χ1) is 8.56. The average Bonchev–Trinajstić information content (AvgIpc) is 2.73. The molecule has 1 aromatic heterocycles. The number of nitrogens with two attached hydrogens (primary N) is 2. The maximum Gasteiger partial charge on any atom is 0.250 e. The lowest BCUT2D eigenvalue weighted by atomic mass is 10.1. The van der Waals surface area contributed by atoms with Crippen molar-refractivity contribution in [2.24, 2.45) is 5.73 Å². The number of benzene rings is 1. The third-order valence-corrected chi connectivity index (χ3v) is 2.41. The van der Waals surface area contributed by atoms with Crippen LogP contribution in [0.3, 0.4) is 0 Å². The minimum Gasteiger partial charge on any atom is -0.444 e. The van der Waals surface area contributed by atoms with Crippen LogP contribution in [0.4, 0.5) is 11.4 Å². The number of hydrogen-bond acceptors (Lipinski definition) is 5. The molecule has 0 aliphatic rings. The van der Waals surface area contributed by atoms with Crippen molar-refractivity contribution in [3.63, 3.8) is 0 Å². The van der Waals surface area contributed by atoms with E-state index in [-0.39, 0.29) is 0 Å². The molecular formula is C12H14N4O2. The van der Waals surface area contributed by atoms with Gasteiger partial charge in [-0.05, 0) is 25.1 Å². The van der Waals surface area contributed by atoms with Gasteiger partial charge in [-0.3, -0.25) is 4.79 Å².